The molecule has 1 atom stereocenters. The predicted molar refractivity (Wildman–Crippen MR) is 67.3 cm³/mol. The maximum atomic E-state index is 12.1. The molecule has 1 rings (SSSR count). The van der Waals surface area contributed by atoms with E-state index in [1.807, 2.05) is 0 Å². The lowest BCUT2D eigenvalue weighted by Gasteiger charge is -2.34. The number of hydrogen-bond donors (Lipinski definition) is 1. The fraction of sp³-hybridized carbons (Fsp3) is 1.00. The fourth-order valence-electron chi connectivity index (χ4n) is 2.35. The summed E-state index contributed by atoms with van der Waals surface area (Å²) in [5.41, 5.74) is 0. The summed E-state index contributed by atoms with van der Waals surface area (Å²) in [4.78, 5) is 0. The lowest BCUT2D eigenvalue weighted by atomic mass is 10.1. The number of hydrogen-bond acceptors (Lipinski definition) is 3. The van der Waals surface area contributed by atoms with Crippen LogP contribution in [0.4, 0.5) is 13.2 Å². The van der Waals surface area contributed by atoms with Crippen molar-refractivity contribution >= 4 is 10.0 Å². The monoisotopic (exact) mass is 302 g/mol. The van der Waals surface area contributed by atoms with Crippen LogP contribution in [0, 0.1) is 0 Å². The quantitative estimate of drug-likeness (QED) is 0.813. The maximum absolute atomic E-state index is 12.1. The molecule has 0 spiro atoms. The molecule has 1 fully saturated rings. The molecule has 114 valence electrons. The summed E-state index contributed by atoms with van der Waals surface area (Å²) in [6.07, 6.45) is -3.20. The second-order valence-electron chi connectivity index (χ2n) is 4.85. The number of nitrogens with zero attached hydrogens (tertiary/aromatic N) is 1. The highest BCUT2D eigenvalue weighted by molar-refractivity contribution is 7.89. The second kappa shape index (κ2) is 6.90. The highest BCUT2D eigenvalue weighted by Crippen LogP contribution is 2.24. The molecule has 0 aromatic heterocycles. The first-order valence-electron chi connectivity index (χ1n) is 6.47. The van der Waals surface area contributed by atoms with Gasteiger partial charge in [-0.3, -0.25) is 0 Å². The summed E-state index contributed by atoms with van der Waals surface area (Å²) in [6.45, 7) is 0.958. The first-order chi connectivity index (χ1) is 8.76. The van der Waals surface area contributed by atoms with Gasteiger partial charge in [-0.1, -0.05) is 6.42 Å². The van der Waals surface area contributed by atoms with Crippen molar-refractivity contribution in [3.8, 4) is 0 Å². The van der Waals surface area contributed by atoms with Gasteiger partial charge in [0, 0.05) is 25.6 Å². The molecule has 1 heterocycles. The van der Waals surface area contributed by atoms with Crippen LogP contribution < -0.4 is 5.32 Å². The molecule has 1 saturated heterocycles. The van der Waals surface area contributed by atoms with Crippen molar-refractivity contribution in [1.82, 2.24) is 9.62 Å². The van der Waals surface area contributed by atoms with E-state index in [4.69, 9.17) is 0 Å². The number of alkyl halides is 3. The molecule has 0 bridgehead atoms. The van der Waals surface area contributed by atoms with Crippen molar-refractivity contribution < 1.29 is 21.6 Å². The molecule has 8 heteroatoms. The van der Waals surface area contributed by atoms with E-state index >= 15 is 0 Å². The Kier molecular flexibility index (Phi) is 6.07. The molecule has 1 N–H and O–H groups in total. The first kappa shape index (κ1) is 16.7. The summed E-state index contributed by atoms with van der Waals surface area (Å²) in [5, 5.41) is 2.93. The molecule has 0 saturated carbocycles. The van der Waals surface area contributed by atoms with Crippen molar-refractivity contribution in [1.29, 1.82) is 0 Å². The smallest absolute Gasteiger partial charge is 0.318 e. The van der Waals surface area contributed by atoms with Crippen LogP contribution >= 0.6 is 0 Å². The Labute approximate surface area is 112 Å². The highest BCUT2D eigenvalue weighted by Gasteiger charge is 2.33. The maximum Gasteiger partial charge on any atom is 0.389 e. The molecule has 1 unspecified atom stereocenters. The topological polar surface area (TPSA) is 49.4 Å². The highest BCUT2D eigenvalue weighted by atomic mass is 32.2. The SMILES string of the molecule is CNCC1CCCCN1S(=O)(=O)CCCC(F)(F)F. The first-order valence-corrected chi connectivity index (χ1v) is 8.08. The normalized spacial score (nSPS) is 22.6. The minimum absolute atomic E-state index is 0.130. The van der Waals surface area contributed by atoms with Crippen LogP contribution in [0.15, 0.2) is 0 Å². The van der Waals surface area contributed by atoms with Crippen LogP contribution in [-0.4, -0.2) is 50.8 Å². The number of piperidine rings is 1. The average molecular weight is 302 g/mol. The molecule has 0 aliphatic carbocycles. The minimum Gasteiger partial charge on any atom is -0.318 e. The van der Waals surface area contributed by atoms with Crippen molar-refractivity contribution in [2.45, 2.75) is 44.3 Å². The number of likely N-dealkylation sites (N-methyl/N-ethyl adjacent to an activating group) is 1. The van der Waals surface area contributed by atoms with Crippen molar-refractivity contribution in [3.05, 3.63) is 0 Å². The molecule has 0 aromatic rings. The van der Waals surface area contributed by atoms with E-state index in [1.54, 1.807) is 7.05 Å². The van der Waals surface area contributed by atoms with Crippen LogP contribution in [0.3, 0.4) is 0 Å². The number of nitrogens with one attached hydrogen (secondary N) is 1. The van der Waals surface area contributed by atoms with Crippen LogP contribution in [0.1, 0.15) is 32.1 Å². The molecular formula is C11H21F3N2O2S. The summed E-state index contributed by atoms with van der Waals surface area (Å²) in [6, 6.07) is -0.130. The lowest BCUT2D eigenvalue weighted by molar-refractivity contribution is -0.134. The molecule has 1 aliphatic rings. The van der Waals surface area contributed by atoms with Gasteiger partial charge in [-0.15, -0.1) is 0 Å². The third kappa shape index (κ3) is 5.66. The molecule has 0 radical (unpaired) electrons. The van der Waals surface area contributed by atoms with Gasteiger partial charge in [0.15, 0.2) is 0 Å². The van der Waals surface area contributed by atoms with Gasteiger partial charge < -0.3 is 5.32 Å². The van der Waals surface area contributed by atoms with Crippen LogP contribution in [0.2, 0.25) is 0 Å². The summed E-state index contributed by atoms with van der Waals surface area (Å²) in [7, 11) is -1.84. The van der Waals surface area contributed by atoms with Crippen molar-refractivity contribution in [2.75, 3.05) is 25.9 Å². The average Bonchev–Trinajstić information content (AvgIpc) is 2.28. The molecule has 4 nitrogen and oxygen atoms in total. The van der Waals surface area contributed by atoms with E-state index < -0.39 is 28.4 Å². The van der Waals surface area contributed by atoms with E-state index in [9.17, 15) is 21.6 Å². The van der Waals surface area contributed by atoms with E-state index in [1.165, 1.54) is 4.31 Å². The summed E-state index contributed by atoms with van der Waals surface area (Å²) < 4.78 is 61.7. The third-order valence-electron chi connectivity index (χ3n) is 3.23. The second-order valence-corrected chi connectivity index (χ2v) is 6.89. The lowest BCUT2D eigenvalue weighted by Crippen LogP contribution is -2.48. The Balaban J connectivity index is 2.58. The largest absolute Gasteiger partial charge is 0.389 e. The Morgan fingerprint density at radius 1 is 1.32 bits per heavy atom. The molecule has 19 heavy (non-hydrogen) atoms. The fourth-order valence-corrected chi connectivity index (χ4v) is 4.14. The summed E-state index contributed by atoms with van der Waals surface area (Å²) >= 11 is 0. The van der Waals surface area contributed by atoms with Gasteiger partial charge in [-0.05, 0) is 26.3 Å². The van der Waals surface area contributed by atoms with Gasteiger partial charge in [-0.25, -0.2) is 8.42 Å². The standard InChI is InChI=1S/C11H21F3N2O2S/c1-15-9-10-5-2-3-7-16(10)19(17,18)8-4-6-11(12,13)14/h10,15H,2-9H2,1H3. The van der Waals surface area contributed by atoms with E-state index in [0.717, 1.165) is 19.3 Å². The zero-order chi connectivity index (χ0) is 14.5. The van der Waals surface area contributed by atoms with Crippen LogP contribution in [0.25, 0.3) is 0 Å². The Morgan fingerprint density at radius 3 is 2.58 bits per heavy atom. The zero-order valence-electron chi connectivity index (χ0n) is 11.0. The number of halogens is 3. The van der Waals surface area contributed by atoms with E-state index in [2.05, 4.69) is 5.32 Å². The molecule has 0 amide bonds. The van der Waals surface area contributed by atoms with Crippen LogP contribution in [-0.2, 0) is 10.0 Å². The van der Waals surface area contributed by atoms with Crippen molar-refractivity contribution in [3.63, 3.8) is 0 Å². The van der Waals surface area contributed by atoms with Crippen molar-refractivity contribution in [2.24, 2.45) is 0 Å². The van der Waals surface area contributed by atoms with Gasteiger partial charge >= 0.3 is 6.18 Å². The molecule has 1 aliphatic heterocycles. The van der Waals surface area contributed by atoms with Gasteiger partial charge in [-0.2, -0.15) is 17.5 Å². The Morgan fingerprint density at radius 2 is 2.00 bits per heavy atom. The predicted octanol–water partition coefficient (Wildman–Crippen LogP) is 1.73. The van der Waals surface area contributed by atoms with Gasteiger partial charge in [0.25, 0.3) is 0 Å². The zero-order valence-corrected chi connectivity index (χ0v) is 11.9. The van der Waals surface area contributed by atoms with Crippen LogP contribution in [0.5, 0.6) is 0 Å². The minimum atomic E-state index is -4.29. The van der Waals surface area contributed by atoms with E-state index in [0.29, 0.717) is 13.1 Å². The number of sulfonamides is 1. The number of rotatable bonds is 6. The van der Waals surface area contributed by atoms with E-state index in [-0.39, 0.29) is 12.5 Å². The molecular weight excluding hydrogens is 281 g/mol. The Bertz CT molecular complexity index is 369. The van der Waals surface area contributed by atoms with Gasteiger partial charge in [0.2, 0.25) is 10.0 Å². The molecule has 0 aromatic carbocycles. The third-order valence-corrected chi connectivity index (χ3v) is 5.23. The summed E-state index contributed by atoms with van der Waals surface area (Å²) in [5.74, 6) is -0.424. The van der Waals surface area contributed by atoms with Gasteiger partial charge in [0.05, 0.1) is 5.75 Å². The Hall–Kier alpha value is -0.340. The van der Waals surface area contributed by atoms with Gasteiger partial charge in [0.1, 0.15) is 0 Å².